The molecule has 20 heavy (non-hydrogen) atoms. The SMILES string of the molecule is CC1CCC(C(=O)Cc2ccccc2Br)(N(C)C)CC1. The zero-order valence-electron chi connectivity index (χ0n) is 12.7. The van der Waals surface area contributed by atoms with Crippen molar-refractivity contribution in [1.29, 1.82) is 0 Å². The van der Waals surface area contributed by atoms with Crippen molar-refractivity contribution in [3.8, 4) is 0 Å². The highest BCUT2D eigenvalue weighted by Crippen LogP contribution is 2.37. The van der Waals surface area contributed by atoms with Crippen molar-refractivity contribution in [2.45, 2.75) is 44.6 Å². The van der Waals surface area contributed by atoms with E-state index in [0.29, 0.717) is 12.2 Å². The Balaban J connectivity index is 2.18. The Morgan fingerprint density at radius 2 is 1.90 bits per heavy atom. The molecule has 0 radical (unpaired) electrons. The standard InChI is InChI=1S/C17H24BrNO/c1-13-8-10-17(11-9-13,19(2)3)16(20)12-14-6-4-5-7-15(14)18/h4-7,13H,8-12H2,1-3H3. The van der Waals surface area contributed by atoms with E-state index in [9.17, 15) is 4.79 Å². The summed E-state index contributed by atoms with van der Waals surface area (Å²) >= 11 is 3.55. The van der Waals surface area contributed by atoms with Crippen LogP contribution in [0.2, 0.25) is 0 Å². The Kier molecular flexibility index (Phi) is 5.03. The summed E-state index contributed by atoms with van der Waals surface area (Å²) in [6, 6.07) is 8.03. The van der Waals surface area contributed by atoms with E-state index < -0.39 is 0 Å². The summed E-state index contributed by atoms with van der Waals surface area (Å²) in [6.07, 6.45) is 4.81. The monoisotopic (exact) mass is 337 g/mol. The van der Waals surface area contributed by atoms with E-state index in [2.05, 4.69) is 27.8 Å². The molecule has 0 saturated heterocycles. The predicted octanol–water partition coefficient (Wildman–Crippen LogP) is 4.07. The van der Waals surface area contributed by atoms with Gasteiger partial charge in [0.1, 0.15) is 0 Å². The van der Waals surface area contributed by atoms with Gasteiger partial charge in [0.2, 0.25) is 0 Å². The molecule has 0 N–H and O–H groups in total. The molecule has 0 heterocycles. The first-order valence-electron chi connectivity index (χ1n) is 7.40. The van der Waals surface area contributed by atoms with E-state index in [4.69, 9.17) is 0 Å². The third kappa shape index (κ3) is 3.15. The number of carbonyl (C=O) groups excluding carboxylic acids is 1. The number of carbonyl (C=O) groups is 1. The van der Waals surface area contributed by atoms with Gasteiger partial charge in [0.05, 0.1) is 5.54 Å². The van der Waals surface area contributed by atoms with Crippen molar-refractivity contribution >= 4 is 21.7 Å². The van der Waals surface area contributed by atoms with Crippen molar-refractivity contribution in [1.82, 2.24) is 4.90 Å². The minimum absolute atomic E-state index is 0.262. The molecule has 0 unspecified atom stereocenters. The zero-order chi connectivity index (χ0) is 14.8. The molecule has 110 valence electrons. The lowest BCUT2D eigenvalue weighted by atomic mass is 9.72. The molecule has 1 fully saturated rings. The lowest BCUT2D eigenvalue weighted by molar-refractivity contribution is -0.131. The van der Waals surface area contributed by atoms with Gasteiger partial charge in [-0.2, -0.15) is 0 Å². The number of halogens is 1. The summed E-state index contributed by atoms with van der Waals surface area (Å²) in [6.45, 7) is 2.29. The topological polar surface area (TPSA) is 20.3 Å². The Morgan fingerprint density at radius 1 is 1.30 bits per heavy atom. The number of nitrogens with zero attached hydrogens (tertiary/aromatic N) is 1. The molecule has 1 aliphatic rings. The summed E-state index contributed by atoms with van der Waals surface area (Å²) in [5.41, 5.74) is 0.833. The molecule has 1 aromatic rings. The molecular weight excluding hydrogens is 314 g/mol. The van der Waals surface area contributed by atoms with Crippen LogP contribution in [0.4, 0.5) is 0 Å². The zero-order valence-corrected chi connectivity index (χ0v) is 14.2. The number of rotatable bonds is 4. The highest BCUT2D eigenvalue weighted by molar-refractivity contribution is 9.10. The third-order valence-corrected chi connectivity index (χ3v) is 5.56. The van der Waals surface area contributed by atoms with Crippen LogP contribution in [0, 0.1) is 5.92 Å². The van der Waals surface area contributed by atoms with Gasteiger partial charge in [-0.25, -0.2) is 0 Å². The van der Waals surface area contributed by atoms with Gasteiger partial charge in [0.25, 0.3) is 0 Å². The Bertz CT molecular complexity index is 476. The van der Waals surface area contributed by atoms with Gasteiger partial charge < -0.3 is 0 Å². The molecule has 1 saturated carbocycles. The van der Waals surface area contributed by atoms with E-state index in [1.807, 2.05) is 38.4 Å². The Labute approximate surface area is 130 Å². The van der Waals surface area contributed by atoms with Crippen LogP contribution < -0.4 is 0 Å². The van der Waals surface area contributed by atoms with Crippen LogP contribution in [0.15, 0.2) is 28.7 Å². The molecule has 0 aromatic heterocycles. The van der Waals surface area contributed by atoms with Crippen LogP contribution in [0.1, 0.15) is 38.2 Å². The molecular formula is C17H24BrNO. The maximum atomic E-state index is 12.9. The minimum Gasteiger partial charge on any atom is -0.297 e. The number of benzene rings is 1. The fourth-order valence-electron chi connectivity index (χ4n) is 3.19. The lowest BCUT2D eigenvalue weighted by Gasteiger charge is -2.43. The second-order valence-electron chi connectivity index (χ2n) is 6.30. The van der Waals surface area contributed by atoms with Crippen molar-refractivity contribution in [3.63, 3.8) is 0 Å². The molecule has 0 amide bonds. The van der Waals surface area contributed by atoms with Gasteiger partial charge in [0, 0.05) is 10.9 Å². The highest BCUT2D eigenvalue weighted by Gasteiger charge is 2.42. The maximum absolute atomic E-state index is 12.9. The molecule has 0 spiro atoms. The third-order valence-electron chi connectivity index (χ3n) is 4.79. The highest BCUT2D eigenvalue weighted by atomic mass is 79.9. The van der Waals surface area contributed by atoms with Gasteiger partial charge in [0.15, 0.2) is 5.78 Å². The van der Waals surface area contributed by atoms with Crippen molar-refractivity contribution < 1.29 is 4.79 Å². The van der Waals surface area contributed by atoms with E-state index in [1.165, 1.54) is 0 Å². The normalized spacial score (nSPS) is 26.8. The van der Waals surface area contributed by atoms with Crippen LogP contribution in [-0.2, 0) is 11.2 Å². The first kappa shape index (κ1) is 15.7. The molecule has 1 aliphatic carbocycles. The smallest absolute Gasteiger partial charge is 0.157 e. The second kappa shape index (κ2) is 6.40. The maximum Gasteiger partial charge on any atom is 0.157 e. The lowest BCUT2D eigenvalue weighted by Crippen LogP contribution is -2.53. The number of hydrogen-bond donors (Lipinski definition) is 0. The largest absolute Gasteiger partial charge is 0.297 e. The van der Waals surface area contributed by atoms with Crippen LogP contribution in [0.25, 0.3) is 0 Å². The van der Waals surface area contributed by atoms with Crippen molar-refractivity contribution in [3.05, 3.63) is 34.3 Å². The number of Topliss-reactive ketones (excluding diaryl/α,β-unsaturated/α-hetero) is 1. The summed E-state index contributed by atoms with van der Waals surface area (Å²) in [5.74, 6) is 1.11. The number of likely N-dealkylation sites (N-methyl/N-ethyl adjacent to an activating group) is 1. The van der Waals surface area contributed by atoms with Gasteiger partial charge in [-0.3, -0.25) is 9.69 Å². The first-order valence-corrected chi connectivity index (χ1v) is 8.19. The molecule has 3 heteroatoms. The van der Waals surface area contributed by atoms with Gasteiger partial charge in [-0.05, 0) is 57.3 Å². The molecule has 0 atom stereocenters. The van der Waals surface area contributed by atoms with Crippen LogP contribution >= 0.6 is 15.9 Å². The van der Waals surface area contributed by atoms with Crippen molar-refractivity contribution in [2.75, 3.05) is 14.1 Å². The summed E-state index contributed by atoms with van der Waals surface area (Å²) in [5, 5.41) is 0. The predicted molar refractivity (Wildman–Crippen MR) is 86.9 cm³/mol. The van der Waals surface area contributed by atoms with Gasteiger partial charge in [-0.1, -0.05) is 41.1 Å². The van der Waals surface area contributed by atoms with Crippen LogP contribution in [-0.4, -0.2) is 30.3 Å². The Morgan fingerprint density at radius 3 is 2.45 bits per heavy atom. The van der Waals surface area contributed by atoms with E-state index in [-0.39, 0.29) is 5.54 Å². The van der Waals surface area contributed by atoms with E-state index >= 15 is 0 Å². The summed E-state index contributed by atoms with van der Waals surface area (Å²) in [4.78, 5) is 15.1. The molecule has 2 nitrogen and oxygen atoms in total. The quantitative estimate of drug-likeness (QED) is 0.825. The van der Waals surface area contributed by atoms with E-state index in [1.54, 1.807) is 0 Å². The number of hydrogen-bond acceptors (Lipinski definition) is 2. The average Bonchev–Trinajstić information content (AvgIpc) is 2.42. The average molecular weight is 338 g/mol. The molecule has 2 rings (SSSR count). The van der Waals surface area contributed by atoms with Gasteiger partial charge in [-0.15, -0.1) is 0 Å². The molecule has 0 aliphatic heterocycles. The fraction of sp³-hybridized carbons (Fsp3) is 0.588. The minimum atomic E-state index is -0.262. The van der Waals surface area contributed by atoms with Crippen LogP contribution in [0.3, 0.4) is 0 Å². The first-order chi connectivity index (χ1) is 9.45. The number of ketones is 1. The Hall–Kier alpha value is -0.670. The molecule has 0 bridgehead atoms. The molecule has 1 aromatic carbocycles. The van der Waals surface area contributed by atoms with Crippen LogP contribution in [0.5, 0.6) is 0 Å². The van der Waals surface area contributed by atoms with E-state index in [0.717, 1.165) is 41.6 Å². The second-order valence-corrected chi connectivity index (χ2v) is 7.15. The summed E-state index contributed by atoms with van der Waals surface area (Å²) in [7, 11) is 4.10. The van der Waals surface area contributed by atoms with Gasteiger partial charge >= 0.3 is 0 Å². The van der Waals surface area contributed by atoms with Crippen molar-refractivity contribution in [2.24, 2.45) is 5.92 Å². The summed E-state index contributed by atoms with van der Waals surface area (Å²) < 4.78 is 1.03. The fourth-order valence-corrected chi connectivity index (χ4v) is 3.62.